The second-order valence-electron chi connectivity index (χ2n) is 14.9. The molecule has 5 heterocycles. The number of para-hydroxylation sites is 6. The molecule has 0 unspecified atom stereocenters. The van der Waals surface area contributed by atoms with Crippen LogP contribution in [0.15, 0.2) is 194 Å². The van der Waals surface area contributed by atoms with Gasteiger partial charge in [0.15, 0.2) is 0 Å². The van der Waals surface area contributed by atoms with Gasteiger partial charge in [0.1, 0.15) is 11.6 Å². The standard InChI is InChI=1S/C53H32N6/c54-33-34-31-41(43-21-13-29-51(55-43)57-45-23-7-1-15-35(45)36-16-2-8-24-46(36)57)53(59-49-27-11-5-19-39(49)40-20-6-12-28-50(40)59)42(32-34)44-22-14-30-52(56-44)58-47-25-9-3-17-37(47)38-18-4-10-26-48(38)58/h1-32H. The van der Waals surface area contributed by atoms with Gasteiger partial charge in [0.05, 0.1) is 61.8 Å². The molecule has 0 aliphatic heterocycles. The first kappa shape index (κ1) is 32.9. The van der Waals surface area contributed by atoms with Gasteiger partial charge in [0.25, 0.3) is 0 Å². The Morgan fingerprint density at radius 1 is 0.339 bits per heavy atom. The first-order chi connectivity index (χ1) is 29.2. The zero-order chi connectivity index (χ0) is 39.0. The van der Waals surface area contributed by atoms with E-state index in [-0.39, 0.29) is 0 Å². The van der Waals surface area contributed by atoms with Crippen molar-refractivity contribution in [2.75, 3.05) is 0 Å². The quantitative estimate of drug-likeness (QED) is 0.176. The number of rotatable bonds is 5. The second-order valence-corrected chi connectivity index (χ2v) is 14.9. The van der Waals surface area contributed by atoms with Crippen LogP contribution in [0.3, 0.4) is 0 Å². The molecule has 0 bridgehead atoms. The maximum Gasteiger partial charge on any atom is 0.138 e. The molecule has 0 radical (unpaired) electrons. The Morgan fingerprint density at radius 2 is 0.644 bits per heavy atom. The van der Waals surface area contributed by atoms with E-state index in [1.807, 2.05) is 12.1 Å². The highest BCUT2D eigenvalue weighted by Crippen LogP contribution is 2.42. The number of hydrogen-bond donors (Lipinski definition) is 0. The third kappa shape index (κ3) is 4.92. The summed E-state index contributed by atoms with van der Waals surface area (Å²) in [6, 6.07) is 69.8. The Hall–Kier alpha value is -8.27. The van der Waals surface area contributed by atoms with Crippen molar-refractivity contribution in [3.05, 3.63) is 200 Å². The first-order valence-corrected chi connectivity index (χ1v) is 19.7. The van der Waals surface area contributed by atoms with Crippen molar-refractivity contribution < 1.29 is 0 Å². The first-order valence-electron chi connectivity index (χ1n) is 19.7. The van der Waals surface area contributed by atoms with Gasteiger partial charge < -0.3 is 4.57 Å². The molecule has 0 aliphatic rings. The van der Waals surface area contributed by atoms with Gasteiger partial charge in [-0.15, -0.1) is 0 Å². The zero-order valence-corrected chi connectivity index (χ0v) is 31.7. The number of aromatic nitrogens is 5. The number of nitriles is 1. The van der Waals surface area contributed by atoms with Gasteiger partial charge in [-0.2, -0.15) is 5.26 Å². The fourth-order valence-electron chi connectivity index (χ4n) is 9.23. The molecule has 12 rings (SSSR count). The number of fused-ring (bicyclic) bond motifs is 9. The van der Waals surface area contributed by atoms with Crippen molar-refractivity contribution in [3.63, 3.8) is 0 Å². The second kappa shape index (κ2) is 12.9. The lowest BCUT2D eigenvalue weighted by Crippen LogP contribution is -2.05. The molecule has 0 atom stereocenters. The van der Waals surface area contributed by atoms with E-state index in [2.05, 4.69) is 202 Å². The van der Waals surface area contributed by atoms with Crippen molar-refractivity contribution in [1.82, 2.24) is 23.7 Å². The van der Waals surface area contributed by atoms with E-state index in [0.29, 0.717) is 5.56 Å². The topological polar surface area (TPSA) is 64.4 Å². The lowest BCUT2D eigenvalue weighted by atomic mass is 9.97. The van der Waals surface area contributed by atoms with E-state index in [0.717, 1.165) is 83.7 Å². The van der Waals surface area contributed by atoms with Gasteiger partial charge >= 0.3 is 0 Å². The highest BCUT2D eigenvalue weighted by molar-refractivity contribution is 6.12. The Kier molecular flexibility index (Phi) is 7.19. The van der Waals surface area contributed by atoms with Crippen molar-refractivity contribution in [2.45, 2.75) is 0 Å². The summed E-state index contributed by atoms with van der Waals surface area (Å²) in [4.78, 5) is 10.9. The Balaban J connectivity index is 1.17. The van der Waals surface area contributed by atoms with Gasteiger partial charge in [-0.05, 0) is 72.8 Å². The average molecular weight is 753 g/mol. The van der Waals surface area contributed by atoms with E-state index in [4.69, 9.17) is 9.97 Å². The molecule has 12 aromatic rings. The average Bonchev–Trinajstić information content (AvgIpc) is 3.95. The van der Waals surface area contributed by atoms with Crippen LogP contribution >= 0.6 is 0 Å². The number of nitrogens with zero attached hydrogens (tertiary/aromatic N) is 6. The zero-order valence-electron chi connectivity index (χ0n) is 31.7. The lowest BCUT2D eigenvalue weighted by molar-refractivity contribution is 1.07. The highest BCUT2D eigenvalue weighted by Gasteiger charge is 2.24. The summed E-state index contributed by atoms with van der Waals surface area (Å²) in [7, 11) is 0. The minimum Gasteiger partial charge on any atom is -0.308 e. The molecule has 0 amide bonds. The Morgan fingerprint density at radius 3 is 0.966 bits per heavy atom. The summed E-state index contributed by atoms with van der Waals surface area (Å²) in [5.41, 5.74) is 11.0. The minimum absolute atomic E-state index is 0.521. The minimum atomic E-state index is 0.521. The summed E-state index contributed by atoms with van der Waals surface area (Å²) in [5.74, 6) is 1.59. The van der Waals surface area contributed by atoms with E-state index < -0.39 is 0 Å². The van der Waals surface area contributed by atoms with Gasteiger partial charge in [-0.3, -0.25) is 9.13 Å². The molecular weight excluding hydrogens is 721 g/mol. The molecule has 0 N–H and O–H groups in total. The molecule has 0 saturated carbocycles. The van der Waals surface area contributed by atoms with Crippen LogP contribution in [0.2, 0.25) is 0 Å². The largest absolute Gasteiger partial charge is 0.308 e. The van der Waals surface area contributed by atoms with Crippen LogP contribution in [0, 0.1) is 11.3 Å². The molecular formula is C53H32N6. The molecule has 0 saturated heterocycles. The Bertz CT molecular complexity index is 3370. The van der Waals surface area contributed by atoms with E-state index >= 15 is 0 Å². The molecule has 0 fully saturated rings. The molecule has 59 heavy (non-hydrogen) atoms. The van der Waals surface area contributed by atoms with Crippen molar-refractivity contribution in [1.29, 1.82) is 5.26 Å². The molecule has 7 aromatic carbocycles. The summed E-state index contributed by atoms with van der Waals surface area (Å²) in [6.07, 6.45) is 0. The van der Waals surface area contributed by atoms with Crippen LogP contribution in [-0.2, 0) is 0 Å². The number of hydrogen-bond acceptors (Lipinski definition) is 3. The normalized spacial score (nSPS) is 11.7. The van der Waals surface area contributed by atoms with Crippen LogP contribution in [0.5, 0.6) is 0 Å². The third-order valence-corrected chi connectivity index (χ3v) is 11.7. The van der Waals surface area contributed by atoms with E-state index in [1.165, 1.54) is 21.5 Å². The maximum atomic E-state index is 10.7. The lowest BCUT2D eigenvalue weighted by Gasteiger charge is -2.20. The molecule has 6 nitrogen and oxygen atoms in total. The van der Waals surface area contributed by atoms with Crippen molar-refractivity contribution in [2.24, 2.45) is 0 Å². The molecule has 6 heteroatoms. The maximum absolute atomic E-state index is 10.7. The SMILES string of the molecule is N#Cc1cc(-c2cccc(-n3c4ccccc4c4ccccc43)n2)c(-n2c3ccccc3c3ccccc32)c(-c2cccc(-n3c4ccccc4c4ccccc43)n2)c1. The Labute approximate surface area is 338 Å². The number of pyridine rings is 2. The fourth-order valence-corrected chi connectivity index (χ4v) is 9.23. The van der Waals surface area contributed by atoms with Gasteiger partial charge in [-0.1, -0.05) is 121 Å². The predicted octanol–water partition coefficient (Wildman–Crippen LogP) is 13.0. The van der Waals surface area contributed by atoms with Gasteiger partial charge in [0, 0.05) is 43.4 Å². The van der Waals surface area contributed by atoms with E-state index in [1.54, 1.807) is 0 Å². The van der Waals surface area contributed by atoms with Crippen LogP contribution < -0.4 is 0 Å². The van der Waals surface area contributed by atoms with Crippen LogP contribution in [-0.4, -0.2) is 23.7 Å². The summed E-state index contributed by atoms with van der Waals surface area (Å²) in [6.45, 7) is 0. The fraction of sp³-hybridized carbons (Fsp3) is 0. The van der Waals surface area contributed by atoms with E-state index in [9.17, 15) is 5.26 Å². The van der Waals surface area contributed by atoms with Crippen molar-refractivity contribution in [3.8, 4) is 45.9 Å². The van der Waals surface area contributed by atoms with Crippen LogP contribution in [0.4, 0.5) is 0 Å². The van der Waals surface area contributed by atoms with Gasteiger partial charge in [-0.25, -0.2) is 9.97 Å². The molecule has 0 spiro atoms. The molecule has 0 aliphatic carbocycles. The number of benzene rings is 7. The summed E-state index contributed by atoms with van der Waals surface area (Å²) >= 11 is 0. The third-order valence-electron chi connectivity index (χ3n) is 11.7. The van der Waals surface area contributed by atoms with Crippen LogP contribution in [0.25, 0.3) is 105 Å². The van der Waals surface area contributed by atoms with Crippen LogP contribution in [0.1, 0.15) is 5.56 Å². The molecule has 274 valence electrons. The predicted molar refractivity (Wildman–Crippen MR) is 241 cm³/mol. The molecule has 5 aromatic heterocycles. The smallest absolute Gasteiger partial charge is 0.138 e. The monoisotopic (exact) mass is 752 g/mol. The summed E-state index contributed by atoms with van der Waals surface area (Å²) in [5, 5.41) is 17.7. The summed E-state index contributed by atoms with van der Waals surface area (Å²) < 4.78 is 6.81. The highest BCUT2D eigenvalue weighted by atomic mass is 15.1. The van der Waals surface area contributed by atoms with Gasteiger partial charge in [0.2, 0.25) is 0 Å². The van der Waals surface area contributed by atoms with Crippen molar-refractivity contribution >= 4 is 65.4 Å².